The Morgan fingerprint density at radius 1 is 1.04 bits per heavy atom. The van der Waals surface area contributed by atoms with Crippen molar-refractivity contribution in [2.75, 3.05) is 10.6 Å². The normalized spacial score (nSPS) is 10.4. The first kappa shape index (κ1) is 15.5. The van der Waals surface area contributed by atoms with Crippen LogP contribution < -0.4 is 10.6 Å². The average molecular weight is 323 g/mol. The lowest BCUT2D eigenvalue weighted by Crippen LogP contribution is -2.15. The Balaban J connectivity index is 1.85. The number of aromatic nitrogens is 3. The molecule has 7 nitrogen and oxygen atoms in total. The summed E-state index contributed by atoms with van der Waals surface area (Å²) >= 11 is 0. The highest BCUT2D eigenvalue weighted by atomic mass is 16.2. The van der Waals surface area contributed by atoms with Gasteiger partial charge in [0.1, 0.15) is 11.4 Å². The Morgan fingerprint density at radius 2 is 1.71 bits per heavy atom. The second-order valence-electron chi connectivity index (χ2n) is 5.31. The summed E-state index contributed by atoms with van der Waals surface area (Å²) in [5.74, 6) is 0.239. The number of carbonyl (C=O) groups excluding carboxylic acids is 2. The lowest BCUT2D eigenvalue weighted by atomic mass is 10.2. The van der Waals surface area contributed by atoms with E-state index in [2.05, 4.69) is 15.7 Å². The first-order valence-electron chi connectivity index (χ1n) is 7.39. The zero-order valence-corrected chi connectivity index (χ0v) is 13.4. The van der Waals surface area contributed by atoms with Gasteiger partial charge in [-0.2, -0.15) is 5.10 Å². The molecule has 0 spiro atoms. The molecular weight excluding hydrogens is 306 g/mol. The third kappa shape index (κ3) is 3.19. The minimum atomic E-state index is -0.272. The van der Waals surface area contributed by atoms with Crippen molar-refractivity contribution in [1.29, 1.82) is 0 Å². The first-order chi connectivity index (χ1) is 11.5. The number of anilines is 2. The third-order valence-electron chi connectivity index (χ3n) is 3.44. The van der Waals surface area contributed by atoms with Crippen LogP contribution in [-0.2, 0) is 11.8 Å². The lowest BCUT2D eigenvalue weighted by molar-refractivity contribution is -0.114. The van der Waals surface area contributed by atoms with Gasteiger partial charge in [-0.15, -0.1) is 0 Å². The Kier molecular flexibility index (Phi) is 4.15. The average Bonchev–Trinajstić information content (AvgIpc) is 3.15. The van der Waals surface area contributed by atoms with Gasteiger partial charge in [0.05, 0.1) is 6.20 Å². The molecule has 0 saturated carbocycles. The summed E-state index contributed by atoms with van der Waals surface area (Å²) in [6.45, 7) is 1.43. The molecule has 0 bridgehead atoms. The van der Waals surface area contributed by atoms with Crippen LogP contribution in [0.5, 0.6) is 0 Å². The first-order valence-corrected chi connectivity index (χ1v) is 7.39. The van der Waals surface area contributed by atoms with Gasteiger partial charge in [0.25, 0.3) is 5.91 Å². The summed E-state index contributed by atoms with van der Waals surface area (Å²) in [4.78, 5) is 23.7. The number of amides is 2. The molecule has 0 fully saturated rings. The highest BCUT2D eigenvalue weighted by molar-refractivity contribution is 6.06. The highest BCUT2D eigenvalue weighted by Gasteiger charge is 2.17. The number of nitrogens with one attached hydrogen (secondary N) is 2. The van der Waals surface area contributed by atoms with Gasteiger partial charge in [0, 0.05) is 37.7 Å². The van der Waals surface area contributed by atoms with E-state index < -0.39 is 0 Å². The van der Waals surface area contributed by atoms with Gasteiger partial charge >= 0.3 is 0 Å². The molecule has 0 aliphatic rings. The SMILES string of the molecule is CC(=O)Nc1cccc(NC(=O)c2cnn(C)c2-n2cccc2)c1. The molecule has 3 aromatic rings. The predicted molar refractivity (Wildman–Crippen MR) is 91.2 cm³/mol. The molecule has 0 radical (unpaired) electrons. The van der Waals surface area contributed by atoms with Crippen molar-refractivity contribution in [3.63, 3.8) is 0 Å². The summed E-state index contributed by atoms with van der Waals surface area (Å²) in [6, 6.07) is 10.7. The molecule has 3 rings (SSSR count). The zero-order chi connectivity index (χ0) is 17.1. The van der Waals surface area contributed by atoms with Gasteiger partial charge in [0.2, 0.25) is 5.91 Å². The van der Waals surface area contributed by atoms with Crippen LogP contribution in [0.3, 0.4) is 0 Å². The van der Waals surface area contributed by atoms with Gasteiger partial charge in [-0.05, 0) is 30.3 Å². The molecular formula is C17H17N5O2. The van der Waals surface area contributed by atoms with Crippen molar-refractivity contribution < 1.29 is 9.59 Å². The zero-order valence-electron chi connectivity index (χ0n) is 13.4. The van der Waals surface area contributed by atoms with E-state index in [0.717, 1.165) is 0 Å². The lowest BCUT2D eigenvalue weighted by Gasteiger charge is -2.09. The van der Waals surface area contributed by atoms with Crippen LogP contribution in [0.25, 0.3) is 5.82 Å². The summed E-state index contributed by atoms with van der Waals surface area (Å²) in [7, 11) is 1.78. The van der Waals surface area contributed by atoms with Crippen molar-refractivity contribution in [2.45, 2.75) is 6.92 Å². The largest absolute Gasteiger partial charge is 0.326 e. The Morgan fingerprint density at radius 3 is 2.38 bits per heavy atom. The van der Waals surface area contributed by atoms with E-state index in [0.29, 0.717) is 22.8 Å². The minimum Gasteiger partial charge on any atom is -0.326 e. The topological polar surface area (TPSA) is 81.0 Å². The van der Waals surface area contributed by atoms with Gasteiger partial charge in [-0.3, -0.25) is 14.3 Å². The van der Waals surface area contributed by atoms with Crippen LogP contribution in [0.15, 0.2) is 55.0 Å². The van der Waals surface area contributed by atoms with Crippen molar-refractivity contribution in [3.8, 4) is 5.82 Å². The maximum Gasteiger partial charge on any atom is 0.261 e. The van der Waals surface area contributed by atoms with Gasteiger partial charge in [-0.1, -0.05) is 6.07 Å². The molecule has 24 heavy (non-hydrogen) atoms. The number of nitrogens with zero attached hydrogens (tertiary/aromatic N) is 3. The van der Waals surface area contributed by atoms with Crippen molar-refractivity contribution >= 4 is 23.2 Å². The van der Waals surface area contributed by atoms with Crippen LogP contribution >= 0.6 is 0 Å². The van der Waals surface area contributed by atoms with E-state index in [-0.39, 0.29) is 11.8 Å². The molecule has 0 aliphatic carbocycles. The number of hydrogen-bond donors (Lipinski definition) is 2. The fourth-order valence-corrected chi connectivity index (χ4v) is 2.45. The van der Waals surface area contributed by atoms with Gasteiger partial charge in [0.15, 0.2) is 0 Å². The Labute approximate surface area is 138 Å². The van der Waals surface area contributed by atoms with E-state index in [9.17, 15) is 9.59 Å². The smallest absolute Gasteiger partial charge is 0.261 e. The van der Waals surface area contributed by atoms with E-state index in [1.54, 1.807) is 36.0 Å². The minimum absolute atomic E-state index is 0.166. The van der Waals surface area contributed by atoms with Gasteiger partial charge < -0.3 is 15.2 Å². The number of rotatable bonds is 4. The molecule has 7 heteroatoms. The van der Waals surface area contributed by atoms with Crippen LogP contribution in [-0.4, -0.2) is 26.2 Å². The predicted octanol–water partition coefficient (Wildman–Crippen LogP) is 2.42. The van der Waals surface area contributed by atoms with E-state index in [4.69, 9.17) is 0 Å². The number of hydrogen-bond acceptors (Lipinski definition) is 3. The summed E-state index contributed by atoms with van der Waals surface area (Å²) in [6.07, 6.45) is 5.23. The van der Waals surface area contributed by atoms with Crippen LogP contribution in [0, 0.1) is 0 Å². The van der Waals surface area contributed by atoms with Crippen LogP contribution in [0.2, 0.25) is 0 Å². The molecule has 2 aromatic heterocycles. The third-order valence-corrected chi connectivity index (χ3v) is 3.44. The van der Waals surface area contributed by atoms with Crippen molar-refractivity contribution in [3.05, 3.63) is 60.6 Å². The number of benzene rings is 1. The molecule has 1 aromatic carbocycles. The van der Waals surface area contributed by atoms with Gasteiger partial charge in [-0.25, -0.2) is 0 Å². The van der Waals surface area contributed by atoms with Crippen LogP contribution in [0.1, 0.15) is 17.3 Å². The molecule has 0 unspecified atom stereocenters. The Bertz CT molecular complexity index is 880. The maximum atomic E-state index is 12.6. The van der Waals surface area contributed by atoms with Crippen molar-refractivity contribution in [1.82, 2.24) is 14.3 Å². The molecule has 122 valence electrons. The second-order valence-corrected chi connectivity index (χ2v) is 5.31. The summed E-state index contributed by atoms with van der Waals surface area (Å²) in [5, 5.41) is 9.69. The van der Waals surface area contributed by atoms with E-state index in [1.807, 2.05) is 29.1 Å². The molecule has 2 heterocycles. The summed E-state index contributed by atoms with van der Waals surface area (Å²) < 4.78 is 3.47. The van der Waals surface area contributed by atoms with E-state index >= 15 is 0 Å². The molecule has 2 N–H and O–H groups in total. The molecule has 0 atom stereocenters. The maximum absolute atomic E-state index is 12.6. The Hall–Kier alpha value is -3.35. The van der Waals surface area contributed by atoms with Crippen molar-refractivity contribution in [2.24, 2.45) is 7.05 Å². The molecule has 0 saturated heterocycles. The number of aryl methyl sites for hydroxylation is 1. The van der Waals surface area contributed by atoms with E-state index in [1.165, 1.54) is 13.1 Å². The fraction of sp³-hybridized carbons (Fsp3) is 0.118. The monoisotopic (exact) mass is 323 g/mol. The fourth-order valence-electron chi connectivity index (χ4n) is 2.45. The standard InChI is InChI=1S/C17H17N5O2/c1-12(23)19-13-6-5-7-14(10-13)20-16(24)15-11-18-21(2)17(15)22-8-3-4-9-22/h3-11H,1-2H3,(H,19,23)(H,20,24). The molecule has 2 amide bonds. The highest BCUT2D eigenvalue weighted by Crippen LogP contribution is 2.19. The number of carbonyl (C=O) groups is 2. The quantitative estimate of drug-likeness (QED) is 0.774. The second kappa shape index (κ2) is 6.41. The summed E-state index contributed by atoms with van der Waals surface area (Å²) in [5.41, 5.74) is 1.67. The van der Waals surface area contributed by atoms with Crippen LogP contribution in [0.4, 0.5) is 11.4 Å². The molecule has 0 aliphatic heterocycles.